The molecule has 0 aliphatic heterocycles. The van der Waals surface area contributed by atoms with Gasteiger partial charge in [-0.15, -0.1) is 0 Å². The summed E-state index contributed by atoms with van der Waals surface area (Å²) in [5, 5.41) is 6.52. The summed E-state index contributed by atoms with van der Waals surface area (Å²) in [6, 6.07) is 0.339. The van der Waals surface area contributed by atoms with E-state index >= 15 is 0 Å². The molecule has 3 nitrogen and oxygen atoms in total. The second-order valence-corrected chi connectivity index (χ2v) is 7.78. The molecule has 0 bridgehead atoms. The molecule has 1 saturated carbocycles. The standard InChI is InChI=1S/C15H30N2O/c1-10-8-15(6,7)9-12(10)16-11(2)13(18)17-14(3,4)5/h10-12,16H,8-9H2,1-7H3,(H,17,18). The fraction of sp³-hybridized carbons (Fsp3) is 0.933. The zero-order chi connectivity index (χ0) is 14.1. The predicted octanol–water partition coefficient (Wildman–Crippen LogP) is 2.70. The highest BCUT2D eigenvalue weighted by molar-refractivity contribution is 5.81. The van der Waals surface area contributed by atoms with E-state index in [0.29, 0.717) is 17.4 Å². The minimum atomic E-state index is -0.159. The van der Waals surface area contributed by atoms with Crippen LogP contribution < -0.4 is 10.6 Å². The van der Waals surface area contributed by atoms with Crippen LogP contribution in [-0.2, 0) is 4.79 Å². The van der Waals surface area contributed by atoms with Crippen LogP contribution in [0.2, 0.25) is 0 Å². The van der Waals surface area contributed by atoms with Crippen molar-refractivity contribution in [2.24, 2.45) is 11.3 Å². The van der Waals surface area contributed by atoms with Gasteiger partial charge in [-0.1, -0.05) is 20.8 Å². The molecule has 1 aliphatic rings. The largest absolute Gasteiger partial charge is 0.350 e. The molecular formula is C15H30N2O. The number of carbonyl (C=O) groups excluding carboxylic acids is 1. The molecule has 1 rings (SSSR count). The van der Waals surface area contributed by atoms with Crippen molar-refractivity contribution in [2.75, 3.05) is 0 Å². The third-order valence-corrected chi connectivity index (χ3v) is 3.69. The lowest BCUT2D eigenvalue weighted by molar-refractivity contribution is -0.124. The average molecular weight is 254 g/mol. The number of hydrogen-bond donors (Lipinski definition) is 2. The maximum atomic E-state index is 12.0. The molecule has 2 N–H and O–H groups in total. The van der Waals surface area contributed by atoms with Gasteiger partial charge >= 0.3 is 0 Å². The summed E-state index contributed by atoms with van der Waals surface area (Å²) >= 11 is 0. The van der Waals surface area contributed by atoms with Gasteiger partial charge in [0.15, 0.2) is 0 Å². The summed E-state index contributed by atoms with van der Waals surface area (Å²) in [5.41, 5.74) is 0.241. The number of carbonyl (C=O) groups is 1. The van der Waals surface area contributed by atoms with Crippen molar-refractivity contribution in [1.29, 1.82) is 0 Å². The van der Waals surface area contributed by atoms with Gasteiger partial charge in [0.25, 0.3) is 0 Å². The van der Waals surface area contributed by atoms with Crippen LogP contribution in [0.5, 0.6) is 0 Å². The lowest BCUT2D eigenvalue weighted by Crippen LogP contribution is -2.52. The molecule has 1 amide bonds. The predicted molar refractivity (Wildman–Crippen MR) is 76.5 cm³/mol. The Morgan fingerprint density at radius 1 is 1.28 bits per heavy atom. The van der Waals surface area contributed by atoms with E-state index in [1.807, 2.05) is 27.7 Å². The Hall–Kier alpha value is -0.570. The third-order valence-electron chi connectivity index (χ3n) is 3.69. The number of hydrogen-bond acceptors (Lipinski definition) is 2. The first-order valence-corrected chi connectivity index (χ1v) is 7.08. The second-order valence-electron chi connectivity index (χ2n) is 7.78. The van der Waals surface area contributed by atoms with Gasteiger partial charge in [-0.25, -0.2) is 0 Å². The quantitative estimate of drug-likeness (QED) is 0.813. The summed E-state index contributed by atoms with van der Waals surface area (Å²) in [6.07, 6.45) is 2.39. The summed E-state index contributed by atoms with van der Waals surface area (Å²) in [5.74, 6) is 0.740. The van der Waals surface area contributed by atoms with Crippen molar-refractivity contribution in [3.05, 3.63) is 0 Å². The summed E-state index contributed by atoms with van der Waals surface area (Å²) in [7, 11) is 0. The molecule has 0 spiro atoms. The fourth-order valence-corrected chi connectivity index (χ4v) is 2.99. The SMILES string of the molecule is CC(NC1CC(C)(C)CC1C)C(=O)NC(C)(C)C. The van der Waals surface area contributed by atoms with Crippen molar-refractivity contribution in [2.45, 2.75) is 78.9 Å². The molecule has 1 aliphatic carbocycles. The fourth-order valence-electron chi connectivity index (χ4n) is 2.99. The van der Waals surface area contributed by atoms with Crippen LogP contribution in [0.3, 0.4) is 0 Å². The molecule has 0 aromatic heterocycles. The van der Waals surface area contributed by atoms with Gasteiger partial charge in [0.2, 0.25) is 5.91 Å². The topological polar surface area (TPSA) is 41.1 Å². The first-order chi connectivity index (χ1) is 8.00. The highest BCUT2D eigenvalue weighted by Gasteiger charge is 2.37. The van der Waals surface area contributed by atoms with Crippen LogP contribution in [0, 0.1) is 11.3 Å². The molecule has 1 fully saturated rings. The van der Waals surface area contributed by atoms with E-state index in [4.69, 9.17) is 0 Å². The van der Waals surface area contributed by atoms with Crippen LogP contribution in [0.4, 0.5) is 0 Å². The Balaban J connectivity index is 2.50. The monoisotopic (exact) mass is 254 g/mol. The summed E-state index contributed by atoms with van der Waals surface area (Å²) in [6.45, 7) is 14.9. The lowest BCUT2D eigenvalue weighted by atomic mass is 9.91. The normalized spacial score (nSPS) is 29.1. The summed E-state index contributed by atoms with van der Waals surface area (Å²) < 4.78 is 0. The van der Waals surface area contributed by atoms with Crippen molar-refractivity contribution < 1.29 is 4.79 Å². The minimum Gasteiger partial charge on any atom is -0.350 e. The van der Waals surface area contributed by atoms with Crippen LogP contribution in [0.1, 0.15) is 61.3 Å². The number of amides is 1. The highest BCUT2D eigenvalue weighted by atomic mass is 16.2. The Labute approximate surface area is 112 Å². The van der Waals surface area contributed by atoms with Crippen molar-refractivity contribution in [3.63, 3.8) is 0 Å². The molecule has 18 heavy (non-hydrogen) atoms. The van der Waals surface area contributed by atoms with E-state index < -0.39 is 0 Å². The van der Waals surface area contributed by atoms with E-state index in [1.165, 1.54) is 6.42 Å². The third kappa shape index (κ3) is 4.60. The van der Waals surface area contributed by atoms with E-state index in [0.717, 1.165) is 6.42 Å². The molecule has 0 radical (unpaired) electrons. The second kappa shape index (κ2) is 5.20. The molecular weight excluding hydrogens is 224 g/mol. The summed E-state index contributed by atoms with van der Waals surface area (Å²) in [4.78, 5) is 12.0. The molecule has 3 atom stereocenters. The van der Waals surface area contributed by atoms with Gasteiger partial charge in [0, 0.05) is 11.6 Å². The minimum absolute atomic E-state index is 0.0967. The Bertz CT molecular complexity index is 304. The first kappa shape index (κ1) is 15.5. The molecule has 0 aromatic rings. The lowest BCUT2D eigenvalue weighted by Gasteiger charge is -2.27. The van der Waals surface area contributed by atoms with Gasteiger partial charge in [-0.05, 0) is 51.9 Å². The van der Waals surface area contributed by atoms with Gasteiger partial charge in [-0.2, -0.15) is 0 Å². The Morgan fingerprint density at radius 3 is 2.22 bits per heavy atom. The number of rotatable bonds is 3. The molecule has 0 saturated heterocycles. The van der Waals surface area contributed by atoms with Crippen LogP contribution in [0.15, 0.2) is 0 Å². The van der Waals surface area contributed by atoms with Gasteiger partial charge in [-0.3, -0.25) is 4.79 Å². The van der Waals surface area contributed by atoms with E-state index in [1.54, 1.807) is 0 Å². The van der Waals surface area contributed by atoms with Crippen LogP contribution >= 0.6 is 0 Å². The molecule has 0 heterocycles. The first-order valence-electron chi connectivity index (χ1n) is 7.08. The van der Waals surface area contributed by atoms with E-state index in [-0.39, 0.29) is 17.5 Å². The maximum absolute atomic E-state index is 12.0. The van der Waals surface area contributed by atoms with Gasteiger partial charge in [0.05, 0.1) is 6.04 Å². The van der Waals surface area contributed by atoms with E-state index in [2.05, 4.69) is 31.4 Å². The Morgan fingerprint density at radius 2 is 1.83 bits per heavy atom. The van der Waals surface area contributed by atoms with Gasteiger partial charge < -0.3 is 10.6 Å². The van der Waals surface area contributed by atoms with Crippen molar-refractivity contribution in [3.8, 4) is 0 Å². The van der Waals surface area contributed by atoms with Crippen LogP contribution in [0.25, 0.3) is 0 Å². The highest BCUT2D eigenvalue weighted by Crippen LogP contribution is 2.40. The molecule has 3 heteroatoms. The average Bonchev–Trinajstić information content (AvgIpc) is 2.36. The zero-order valence-corrected chi connectivity index (χ0v) is 13.1. The van der Waals surface area contributed by atoms with Crippen LogP contribution in [-0.4, -0.2) is 23.5 Å². The maximum Gasteiger partial charge on any atom is 0.237 e. The van der Waals surface area contributed by atoms with Gasteiger partial charge in [0.1, 0.15) is 0 Å². The Kier molecular flexibility index (Phi) is 4.47. The molecule has 106 valence electrons. The van der Waals surface area contributed by atoms with Crippen molar-refractivity contribution >= 4 is 5.91 Å². The smallest absolute Gasteiger partial charge is 0.237 e. The molecule has 3 unspecified atom stereocenters. The number of nitrogens with one attached hydrogen (secondary N) is 2. The zero-order valence-electron chi connectivity index (χ0n) is 13.1. The molecule has 0 aromatic carbocycles. The van der Waals surface area contributed by atoms with Crippen molar-refractivity contribution in [1.82, 2.24) is 10.6 Å². The van der Waals surface area contributed by atoms with E-state index in [9.17, 15) is 4.79 Å².